The number of alkyl halides is 3. The van der Waals surface area contributed by atoms with Crippen molar-refractivity contribution >= 4 is 0 Å². The number of pyridine rings is 1. The van der Waals surface area contributed by atoms with E-state index in [4.69, 9.17) is 4.74 Å². The van der Waals surface area contributed by atoms with Crippen molar-refractivity contribution in [1.29, 1.82) is 0 Å². The van der Waals surface area contributed by atoms with Crippen molar-refractivity contribution in [2.75, 3.05) is 7.11 Å². The van der Waals surface area contributed by atoms with E-state index in [1.54, 1.807) is 0 Å². The zero-order chi connectivity index (χ0) is 12.7. The number of rotatable bonds is 2. The Bertz CT molecular complexity index is 413. The van der Waals surface area contributed by atoms with Crippen LogP contribution in [0.2, 0.25) is 0 Å². The molecule has 17 heavy (non-hydrogen) atoms. The Morgan fingerprint density at radius 1 is 1.47 bits per heavy atom. The largest absolute Gasteiger partial charge is 0.416 e. The van der Waals surface area contributed by atoms with Crippen molar-refractivity contribution in [2.45, 2.75) is 30.7 Å². The molecule has 0 saturated heterocycles. The fourth-order valence-corrected chi connectivity index (χ4v) is 2.09. The summed E-state index contributed by atoms with van der Waals surface area (Å²) in [5.41, 5.74) is -2.47. The van der Waals surface area contributed by atoms with Crippen molar-refractivity contribution < 1.29 is 23.0 Å². The SMILES string of the molecule is COC1CC(O)(c2cnccc2C(F)(F)F)C1. The van der Waals surface area contributed by atoms with Crippen molar-refractivity contribution in [2.24, 2.45) is 0 Å². The lowest BCUT2D eigenvalue weighted by molar-refractivity contribution is -0.155. The molecular formula is C11H12F3NO2. The number of halogens is 3. The summed E-state index contributed by atoms with van der Waals surface area (Å²) >= 11 is 0. The number of nitrogens with zero attached hydrogens (tertiary/aromatic N) is 1. The van der Waals surface area contributed by atoms with Gasteiger partial charge in [-0.3, -0.25) is 4.98 Å². The second-order valence-electron chi connectivity index (χ2n) is 4.22. The molecule has 0 bridgehead atoms. The highest BCUT2D eigenvalue weighted by atomic mass is 19.4. The molecule has 1 fully saturated rings. The van der Waals surface area contributed by atoms with Crippen LogP contribution in [0.4, 0.5) is 13.2 Å². The monoisotopic (exact) mass is 247 g/mol. The van der Waals surface area contributed by atoms with Crippen LogP contribution in [0.25, 0.3) is 0 Å². The van der Waals surface area contributed by atoms with Gasteiger partial charge in [0, 0.05) is 37.9 Å². The molecule has 1 aliphatic rings. The highest BCUT2D eigenvalue weighted by Crippen LogP contribution is 2.46. The summed E-state index contributed by atoms with van der Waals surface area (Å²) in [6, 6.07) is 0.882. The number of hydrogen-bond acceptors (Lipinski definition) is 3. The molecule has 3 nitrogen and oxygen atoms in total. The van der Waals surface area contributed by atoms with E-state index < -0.39 is 17.3 Å². The van der Waals surface area contributed by atoms with Crippen LogP contribution in [0.15, 0.2) is 18.5 Å². The quantitative estimate of drug-likeness (QED) is 0.870. The Morgan fingerprint density at radius 2 is 2.12 bits per heavy atom. The molecule has 1 aromatic heterocycles. The molecule has 0 unspecified atom stereocenters. The summed E-state index contributed by atoms with van der Waals surface area (Å²) in [7, 11) is 1.47. The normalized spacial score (nSPS) is 28.9. The molecule has 0 aliphatic heterocycles. The Kier molecular flexibility index (Phi) is 2.87. The van der Waals surface area contributed by atoms with E-state index >= 15 is 0 Å². The highest BCUT2D eigenvalue weighted by Gasteiger charge is 2.49. The molecule has 1 aromatic rings. The fraction of sp³-hybridized carbons (Fsp3) is 0.545. The van der Waals surface area contributed by atoms with Gasteiger partial charge in [-0.15, -0.1) is 0 Å². The zero-order valence-electron chi connectivity index (χ0n) is 9.16. The predicted molar refractivity (Wildman–Crippen MR) is 53.2 cm³/mol. The van der Waals surface area contributed by atoms with E-state index in [0.29, 0.717) is 0 Å². The van der Waals surface area contributed by atoms with Gasteiger partial charge in [0.25, 0.3) is 0 Å². The third-order valence-electron chi connectivity index (χ3n) is 3.09. The lowest BCUT2D eigenvalue weighted by Gasteiger charge is -2.43. The van der Waals surface area contributed by atoms with Gasteiger partial charge < -0.3 is 9.84 Å². The van der Waals surface area contributed by atoms with E-state index in [-0.39, 0.29) is 24.5 Å². The molecule has 1 heterocycles. The van der Waals surface area contributed by atoms with Gasteiger partial charge in [0.2, 0.25) is 0 Å². The Balaban J connectivity index is 2.34. The third-order valence-corrected chi connectivity index (χ3v) is 3.09. The van der Waals surface area contributed by atoms with E-state index in [0.717, 1.165) is 18.5 Å². The second kappa shape index (κ2) is 3.96. The van der Waals surface area contributed by atoms with Crippen LogP contribution in [0, 0.1) is 0 Å². The maximum absolute atomic E-state index is 12.7. The molecule has 0 radical (unpaired) electrons. The smallest absolute Gasteiger partial charge is 0.385 e. The molecule has 0 amide bonds. The number of aromatic nitrogens is 1. The topological polar surface area (TPSA) is 42.4 Å². The van der Waals surface area contributed by atoms with Gasteiger partial charge in [-0.2, -0.15) is 13.2 Å². The first kappa shape index (κ1) is 12.3. The standard InChI is InChI=1S/C11H12F3NO2/c1-17-7-4-10(16,5-7)9-6-15-3-2-8(9)11(12,13)14/h2-3,6-7,16H,4-5H2,1H3. The number of methoxy groups -OCH3 is 1. The predicted octanol–water partition coefficient (Wildman–Crippen LogP) is 2.10. The van der Waals surface area contributed by atoms with Crippen molar-refractivity contribution in [3.63, 3.8) is 0 Å². The molecular weight excluding hydrogens is 235 g/mol. The van der Waals surface area contributed by atoms with Crippen LogP contribution in [0.3, 0.4) is 0 Å². The first-order valence-corrected chi connectivity index (χ1v) is 5.14. The average molecular weight is 247 g/mol. The Morgan fingerprint density at radius 3 is 2.65 bits per heavy atom. The zero-order valence-corrected chi connectivity index (χ0v) is 9.16. The molecule has 0 spiro atoms. The summed E-state index contributed by atoms with van der Waals surface area (Å²) in [6.45, 7) is 0. The molecule has 1 N–H and O–H groups in total. The number of aliphatic hydroxyl groups is 1. The van der Waals surface area contributed by atoms with Crippen LogP contribution >= 0.6 is 0 Å². The van der Waals surface area contributed by atoms with Crippen molar-refractivity contribution in [3.8, 4) is 0 Å². The Labute approximate surface area is 96.2 Å². The number of hydrogen-bond donors (Lipinski definition) is 1. The summed E-state index contributed by atoms with van der Waals surface area (Å²) in [5.74, 6) is 0. The van der Waals surface area contributed by atoms with Crippen LogP contribution in [0.1, 0.15) is 24.0 Å². The van der Waals surface area contributed by atoms with Crippen molar-refractivity contribution in [3.05, 3.63) is 29.6 Å². The fourth-order valence-electron chi connectivity index (χ4n) is 2.09. The van der Waals surface area contributed by atoms with Gasteiger partial charge in [0.1, 0.15) is 0 Å². The molecule has 0 atom stereocenters. The summed E-state index contributed by atoms with van der Waals surface area (Å²) in [4.78, 5) is 3.66. The van der Waals surface area contributed by atoms with Gasteiger partial charge in [0.05, 0.1) is 17.3 Å². The minimum Gasteiger partial charge on any atom is -0.385 e. The lowest BCUT2D eigenvalue weighted by atomic mass is 9.72. The van der Waals surface area contributed by atoms with Gasteiger partial charge >= 0.3 is 6.18 Å². The Hall–Kier alpha value is -1.14. The minimum atomic E-state index is -4.48. The maximum Gasteiger partial charge on any atom is 0.416 e. The number of ether oxygens (including phenoxy) is 1. The molecule has 2 rings (SSSR count). The minimum absolute atomic E-state index is 0.165. The molecule has 1 saturated carbocycles. The summed E-state index contributed by atoms with van der Waals surface area (Å²) in [5, 5.41) is 10.1. The second-order valence-corrected chi connectivity index (χ2v) is 4.22. The van der Waals surface area contributed by atoms with E-state index in [1.807, 2.05) is 0 Å². The maximum atomic E-state index is 12.7. The molecule has 94 valence electrons. The average Bonchev–Trinajstić information content (AvgIpc) is 2.23. The molecule has 0 aromatic carbocycles. The van der Waals surface area contributed by atoms with Crippen LogP contribution < -0.4 is 0 Å². The van der Waals surface area contributed by atoms with Gasteiger partial charge in [0.15, 0.2) is 0 Å². The lowest BCUT2D eigenvalue weighted by Crippen LogP contribution is -2.46. The third kappa shape index (κ3) is 2.14. The van der Waals surface area contributed by atoms with Crippen LogP contribution in [0.5, 0.6) is 0 Å². The summed E-state index contributed by atoms with van der Waals surface area (Å²) in [6.07, 6.45) is -2.19. The van der Waals surface area contributed by atoms with Crippen molar-refractivity contribution in [1.82, 2.24) is 4.98 Å². The van der Waals surface area contributed by atoms with E-state index in [9.17, 15) is 18.3 Å². The van der Waals surface area contributed by atoms with Gasteiger partial charge in [-0.1, -0.05) is 0 Å². The van der Waals surface area contributed by atoms with Gasteiger partial charge in [-0.25, -0.2) is 0 Å². The van der Waals surface area contributed by atoms with E-state index in [2.05, 4.69) is 4.98 Å². The first-order chi connectivity index (χ1) is 7.87. The van der Waals surface area contributed by atoms with Crippen LogP contribution in [-0.4, -0.2) is 23.3 Å². The molecule has 6 heteroatoms. The highest BCUT2D eigenvalue weighted by molar-refractivity contribution is 5.34. The molecule has 1 aliphatic carbocycles. The first-order valence-electron chi connectivity index (χ1n) is 5.14. The van der Waals surface area contributed by atoms with Crippen LogP contribution in [-0.2, 0) is 16.5 Å². The summed E-state index contributed by atoms with van der Waals surface area (Å²) < 4.78 is 43.2. The van der Waals surface area contributed by atoms with E-state index in [1.165, 1.54) is 7.11 Å². The van der Waals surface area contributed by atoms with Gasteiger partial charge in [-0.05, 0) is 6.07 Å².